The number of thioether (sulfide) groups is 1. The average Bonchev–Trinajstić information content (AvgIpc) is 2.31. The number of hydrogen-bond donors (Lipinski definition) is 2. The van der Waals surface area contributed by atoms with Crippen LogP contribution in [-0.4, -0.2) is 62.1 Å². The summed E-state index contributed by atoms with van der Waals surface area (Å²) in [6.45, 7) is 14.7. The Morgan fingerprint density at radius 3 is 2.20 bits per heavy atom. The third-order valence-corrected chi connectivity index (χ3v) is 4.24. The molecule has 5 heteroatoms. The SMILES string of the molecule is CCNC(=NCC(C)(C)CN(C)C)NCC(C)(C)SC. The predicted molar refractivity (Wildman–Crippen MR) is 93.9 cm³/mol. The molecule has 0 amide bonds. The van der Waals surface area contributed by atoms with Gasteiger partial charge in [0.15, 0.2) is 5.96 Å². The van der Waals surface area contributed by atoms with Crippen molar-refractivity contribution in [1.29, 1.82) is 0 Å². The van der Waals surface area contributed by atoms with E-state index >= 15 is 0 Å². The Morgan fingerprint density at radius 2 is 1.75 bits per heavy atom. The summed E-state index contributed by atoms with van der Waals surface area (Å²) >= 11 is 1.87. The molecule has 0 aliphatic carbocycles. The van der Waals surface area contributed by atoms with Crippen molar-refractivity contribution in [2.75, 3.05) is 46.5 Å². The molecule has 0 spiro atoms. The largest absolute Gasteiger partial charge is 0.357 e. The zero-order valence-electron chi connectivity index (χ0n) is 14.6. The van der Waals surface area contributed by atoms with Crippen molar-refractivity contribution in [3.8, 4) is 0 Å². The molecular formula is C15H34N4S. The Hall–Kier alpha value is -0.420. The van der Waals surface area contributed by atoms with Crippen molar-refractivity contribution in [2.24, 2.45) is 10.4 Å². The van der Waals surface area contributed by atoms with Gasteiger partial charge in [-0.2, -0.15) is 11.8 Å². The number of guanidine groups is 1. The van der Waals surface area contributed by atoms with Gasteiger partial charge in [0, 0.05) is 30.9 Å². The van der Waals surface area contributed by atoms with Gasteiger partial charge < -0.3 is 15.5 Å². The fourth-order valence-corrected chi connectivity index (χ4v) is 2.13. The van der Waals surface area contributed by atoms with Gasteiger partial charge >= 0.3 is 0 Å². The van der Waals surface area contributed by atoms with Crippen molar-refractivity contribution in [1.82, 2.24) is 15.5 Å². The lowest BCUT2D eigenvalue weighted by Crippen LogP contribution is -2.44. The fraction of sp³-hybridized carbons (Fsp3) is 0.933. The number of hydrogen-bond acceptors (Lipinski definition) is 3. The fourth-order valence-electron chi connectivity index (χ4n) is 1.91. The average molecular weight is 303 g/mol. The molecule has 0 aromatic rings. The summed E-state index contributed by atoms with van der Waals surface area (Å²) in [5, 5.41) is 6.76. The van der Waals surface area contributed by atoms with Crippen LogP contribution in [-0.2, 0) is 0 Å². The first-order valence-corrected chi connectivity index (χ1v) is 8.56. The van der Waals surface area contributed by atoms with Crippen LogP contribution in [0.15, 0.2) is 4.99 Å². The van der Waals surface area contributed by atoms with Crippen molar-refractivity contribution >= 4 is 17.7 Å². The van der Waals surface area contributed by atoms with Gasteiger partial charge in [0.1, 0.15) is 0 Å². The molecule has 0 atom stereocenters. The Morgan fingerprint density at radius 1 is 1.15 bits per heavy atom. The molecule has 0 aromatic carbocycles. The van der Waals surface area contributed by atoms with Gasteiger partial charge in [-0.15, -0.1) is 0 Å². The molecule has 0 unspecified atom stereocenters. The first-order chi connectivity index (χ1) is 9.12. The van der Waals surface area contributed by atoms with Gasteiger partial charge in [0.2, 0.25) is 0 Å². The highest BCUT2D eigenvalue weighted by Gasteiger charge is 2.19. The highest BCUT2D eigenvalue weighted by Crippen LogP contribution is 2.19. The first kappa shape index (κ1) is 19.6. The monoisotopic (exact) mass is 302 g/mol. The quantitative estimate of drug-likeness (QED) is 0.533. The van der Waals surface area contributed by atoms with Gasteiger partial charge in [-0.3, -0.25) is 4.99 Å². The second kappa shape index (κ2) is 8.78. The molecule has 0 aliphatic heterocycles. The van der Waals surface area contributed by atoms with Crippen molar-refractivity contribution in [3.05, 3.63) is 0 Å². The Kier molecular flexibility index (Phi) is 8.59. The van der Waals surface area contributed by atoms with E-state index in [2.05, 4.69) is 70.5 Å². The van der Waals surface area contributed by atoms with Gasteiger partial charge in [0.25, 0.3) is 0 Å². The minimum absolute atomic E-state index is 0.181. The number of nitrogens with zero attached hydrogens (tertiary/aromatic N) is 2. The van der Waals surface area contributed by atoms with Gasteiger partial charge in [-0.25, -0.2) is 0 Å². The van der Waals surface area contributed by atoms with E-state index < -0.39 is 0 Å². The summed E-state index contributed by atoms with van der Waals surface area (Å²) in [5.74, 6) is 0.918. The van der Waals surface area contributed by atoms with Crippen molar-refractivity contribution < 1.29 is 0 Å². The van der Waals surface area contributed by atoms with Crippen LogP contribution in [0.4, 0.5) is 0 Å². The minimum Gasteiger partial charge on any atom is -0.357 e. The molecular weight excluding hydrogens is 268 g/mol. The maximum Gasteiger partial charge on any atom is 0.191 e. The Balaban J connectivity index is 4.54. The molecule has 0 aromatic heterocycles. The molecule has 4 nitrogen and oxygen atoms in total. The Labute approximate surface area is 130 Å². The highest BCUT2D eigenvalue weighted by atomic mass is 32.2. The van der Waals surface area contributed by atoms with Gasteiger partial charge in [-0.05, 0) is 46.5 Å². The third-order valence-electron chi connectivity index (χ3n) is 2.99. The van der Waals surface area contributed by atoms with E-state index in [1.807, 2.05) is 11.8 Å². The molecule has 0 aliphatic rings. The summed E-state index contributed by atoms with van der Waals surface area (Å²) in [4.78, 5) is 6.95. The van der Waals surface area contributed by atoms with Crippen LogP contribution >= 0.6 is 11.8 Å². The zero-order chi connectivity index (χ0) is 15.8. The first-order valence-electron chi connectivity index (χ1n) is 7.34. The van der Waals surface area contributed by atoms with E-state index in [0.29, 0.717) is 0 Å². The summed E-state index contributed by atoms with van der Waals surface area (Å²) < 4.78 is 0.218. The van der Waals surface area contributed by atoms with Crippen LogP contribution in [0.1, 0.15) is 34.6 Å². The van der Waals surface area contributed by atoms with E-state index in [4.69, 9.17) is 4.99 Å². The number of rotatable bonds is 8. The molecule has 0 saturated heterocycles. The number of aliphatic imine (C=N–C) groups is 1. The minimum atomic E-state index is 0.181. The zero-order valence-corrected chi connectivity index (χ0v) is 15.4. The highest BCUT2D eigenvalue weighted by molar-refractivity contribution is 7.99. The van der Waals surface area contributed by atoms with Crippen LogP contribution in [0.5, 0.6) is 0 Å². The van der Waals surface area contributed by atoms with E-state index in [-0.39, 0.29) is 10.2 Å². The predicted octanol–water partition coefficient (Wildman–Crippen LogP) is 2.27. The van der Waals surface area contributed by atoms with Crippen molar-refractivity contribution in [3.63, 3.8) is 0 Å². The second-order valence-corrected chi connectivity index (χ2v) is 8.43. The Bertz CT molecular complexity index is 298. The molecule has 20 heavy (non-hydrogen) atoms. The normalized spacial score (nSPS) is 13.8. The lowest BCUT2D eigenvalue weighted by molar-refractivity contribution is 0.248. The standard InChI is InChI=1S/C15H34N4S/c1-9-16-13(18-11-15(4,5)20-8)17-10-14(2,3)12-19(6)7/h9-12H2,1-8H3,(H2,16,17,18). The van der Waals surface area contributed by atoms with Crippen molar-refractivity contribution in [2.45, 2.75) is 39.4 Å². The molecule has 0 rings (SSSR count). The van der Waals surface area contributed by atoms with Crippen LogP contribution in [0, 0.1) is 5.41 Å². The van der Waals surface area contributed by atoms with Crippen LogP contribution in [0.3, 0.4) is 0 Å². The summed E-state index contributed by atoms with van der Waals surface area (Å²) in [5.41, 5.74) is 0.181. The summed E-state index contributed by atoms with van der Waals surface area (Å²) in [7, 11) is 4.21. The molecule has 0 bridgehead atoms. The topological polar surface area (TPSA) is 39.7 Å². The van der Waals surface area contributed by atoms with Crippen LogP contribution in [0.2, 0.25) is 0 Å². The molecule has 0 radical (unpaired) electrons. The molecule has 0 fully saturated rings. The van der Waals surface area contributed by atoms with E-state index in [9.17, 15) is 0 Å². The lowest BCUT2D eigenvalue weighted by atomic mass is 9.93. The van der Waals surface area contributed by atoms with E-state index in [1.165, 1.54) is 0 Å². The molecule has 120 valence electrons. The summed E-state index contributed by atoms with van der Waals surface area (Å²) in [6, 6.07) is 0. The molecule has 0 saturated carbocycles. The molecule has 0 heterocycles. The maximum atomic E-state index is 4.73. The smallest absolute Gasteiger partial charge is 0.191 e. The van der Waals surface area contributed by atoms with Crippen LogP contribution in [0.25, 0.3) is 0 Å². The van der Waals surface area contributed by atoms with Gasteiger partial charge in [-0.1, -0.05) is 13.8 Å². The lowest BCUT2D eigenvalue weighted by Gasteiger charge is -2.27. The maximum absolute atomic E-state index is 4.73. The second-order valence-electron chi connectivity index (χ2n) is 6.91. The van der Waals surface area contributed by atoms with E-state index in [0.717, 1.165) is 32.1 Å². The molecule has 2 N–H and O–H groups in total. The van der Waals surface area contributed by atoms with E-state index in [1.54, 1.807) is 0 Å². The summed E-state index contributed by atoms with van der Waals surface area (Å²) in [6.07, 6.45) is 2.14. The van der Waals surface area contributed by atoms with Gasteiger partial charge in [0.05, 0.1) is 0 Å². The third kappa shape index (κ3) is 9.48. The number of nitrogens with one attached hydrogen (secondary N) is 2. The van der Waals surface area contributed by atoms with Crippen LogP contribution < -0.4 is 10.6 Å².